The minimum Gasteiger partial charge on any atom is -0.275 e. The third kappa shape index (κ3) is 1.48. The molecule has 0 saturated carbocycles. The number of pyridine rings is 1. The minimum atomic E-state index is -3.41. The first-order chi connectivity index (χ1) is 6.62. The van der Waals surface area contributed by atoms with Crippen LogP contribution in [0.4, 0.5) is 11.4 Å². The van der Waals surface area contributed by atoms with Crippen LogP contribution in [0.2, 0.25) is 0 Å². The number of anilines is 1. The minimum absolute atomic E-state index is 0.498. The van der Waals surface area contributed by atoms with Crippen molar-refractivity contribution in [2.45, 2.75) is 13.3 Å². The Hall–Kier alpha value is -1.43. The van der Waals surface area contributed by atoms with E-state index < -0.39 is 10.0 Å². The lowest BCUT2D eigenvalue weighted by molar-refractivity contribution is 0.612. The van der Waals surface area contributed by atoms with Crippen molar-refractivity contribution in [3.63, 3.8) is 0 Å². The van der Waals surface area contributed by atoms with Crippen LogP contribution in [-0.2, 0) is 16.4 Å². The van der Waals surface area contributed by atoms with Gasteiger partial charge in [-0.05, 0) is 12.5 Å². The van der Waals surface area contributed by atoms with Gasteiger partial charge in [0.2, 0.25) is 0 Å². The molecule has 0 saturated heterocycles. The lowest BCUT2D eigenvalue weighted by Gasteiger charge is -2.14. The number of aliphatic imine (C=N–C) groups is 1. The molecule has 1 N–H and O–H groups in total. The molecule has 1 aliphatic rings. The Bertz CT molecular complexity index is 493. The maximum absolute atomic E-state index is 11.2. The number of nitrogens with zero attached hydrogens (tertiary/aromatic N) is 2. The van der Waals surface area contributed by atoms with Gasteiger partial charge in [-0.1, -0.05) is 6.92 Å². The SMILES string of the molecule is CCc1nccc2c1NS(=O)(=O)C=N2. The average molecular weight is 211 g/mol. The van der Waals surface area contributed by atoms with E-state index in [1.54, 1.807) is 12.3 Å². The van der Waals surface area contributed by atoms with Gasteiger partial charge in [-0.3, -0.25) is 9.71 Å². The van der Waals surface area contributed by atoms with Gasteiger partial charge in [-0.15, -0.1) is 0 Å². The van der Waals surface area contributed by atoms with Crippen LogP contribution < -0.4 is 4.72 Å². The molecule has 0 radical (unpaired) electrons. The molecule has 0 aromatic carbocycles. The molecule has 6 heteroatoms. The van der Waals surface area contributed by atoms with E-state index in [4.69, 9.17) is 0 Å². The van der Waals surface area contributed by atoms with Crippen LogP contribution in [0.15, 0.2) is 17.3 Å². The highest BCUT2D eigenvalue weighted by molar-refractivity contribution is 8.05. The summed E-state index contributed by atoms with van der Waals surface area (Å²) in [5.74, 6) is 0. The summed E-state index contributed by atoms with van der Waals surface area (Å²) in [4.78, 5) is 7.91. The van der Waals surface area contributed by atoms with E-state index in [1.807, 2.05) is 6.92 Å². The highest BCUT2D eigenvalue weighted by atomic mass is 32.2. The van der Waals surface area contributed by atoms with Crippen molar-refractivity contribution >= 4 is 26.9 Å². The van der Waals surface area contributed by atoms with Gasteiger partial charge in [-0.25, -0.2) is 13.4 Å². The Kier molecular flexibility index (Phi) is 1.99. The normalized spacial score (nSPS) is 17.2. The van der Waals surface area contributed by atoms with Gasteiger partial charge < -0.3 is 0 Å². The molecule has 1 aliphatic heterocycles. The maximum atomic E-state index is 11.2. The van der Waals surface area contributed by atoms with Gasteiger partial charge in [0.25, 0.3) is 10.0 Å². The Morgan fingerprint density at radius 3 is 3.00 bits per heavy atom. The molecule has 0 spiro atoms. The fraction of sp³-hybridized carbons (Fsp3) is 0.250. The summed E-state index contributed by atoms with van der Waals surface area (Å²) in [6.07, 6.45) is 2.29. The van der Waals surface area contributed by atoms with E-state index in [2.05, 4.69) is 14.7 Å². The van der Waals surface area contributed by atoms with Crippen molar-refractivity contribution in [2.75, 3.05) is 4.72 Å². The summed E-state index contributed by atoms with van der Waals surface area (Å²) in [6.45, 7) is 1.91. The predicted molar refractivity (Wildman–Crippen MR) is 54.3 cm³/mol. The van der Waals surface area contributed by atoms with Crippen LogP contribution >= 0.6 is 0 Å². The topological polar surface area (TPSA) is 71.4 Å². The smallest absolute Gasteiger partial charge is 0.272 e. The lowest BCUT2D eigenvalue weighted by Crippen LogP contribution is -2.18. The van der Waals surface area contributed by atoms with Gasteiger partial charge in [0.05, 0.1) is 17.1 Å². The Balaban J connectivity index is 2.62. The Morgan fingerprint density at radius 2 is 2.29 bits per heavy atom. The molecular weight excluding hydrogens is 202 g/mol. The van der Waals surface area contributed by atoms with Gasteiger partial charge in [-0.2, -0.15) is 0 Å². The number of fused-ring (bicyclic) bond motifs is 1. The number of rotatable bonds is 1. The molecular formula is C8H9N3O2S. The van der Waals surface area contributed by atoms with Crippen LogP contribution in [-0.4, -0.2) is 18.9 Å². The van der Waals surface area contributed by atoms with Gasteiger partial charge in [0.1, 0.15) is 5.55 Å². The Labute approximate surface area is 81.9 Å². The number of hydrogen-bond acceptors (Lipinski definition) is 4. The van der Waals surface area contributed by atoms with Gasteiger partial charge >= 0.3 is 0 Å². The monoisotopic (exact) mass is 211 g/mol. The summed E-state index contributed by atoms with van der Waals surface area (Å²) < 4.78 is 24.8. The zero-order valence-electron chi connectivity index (χ0n) is 7.56. The lowest BCUT2D eigenvalue weighted by atomic mass is 10.2. The van der Waals surface area contributed by atoms with Crippen molar-refractivity contribution in [1.29, 1.82) is 0 Å². The quantitative estimate of drug-likeness (QED) is 0.755. The molecule has 14 heavy (non-hydrogen) atoms. The zero-order chi connectivity index (χ0) is 10.2. The average Bonchev–Trinajstić information content (AvgIpc) is 2.15. The first kappa shape index (κ1) is 9.14. The molecule has 0 aliphatic carbocycles. The third-order valence-corrected chi connectivity index (χ3v) is 2.79. The van der Waals surface area contributed by atoms with E-state index in [0.717, 1.165) is 5.55 Å². The van der Waals surface area contributed by atoms with E-state index in [0.29, 0.717) is 23.5 Å². The summed E-state index contributed by atoms with van der Waals surface area (Å²) in [5, 5.41) is 0. The van der Waals surface area contributed by atoms with Gasteiger partial charge in [0, 0.05) is 6.20 Å². The van der Waals surface area contributed by atoms with Crippen molar-refractivity contribution in [3.05, 3.63) is 18.0 Å². The summed E-state index contributed by atoms with van der Waals surface area (Å²) in [6, 6.07) is 1.67. The van der Waals surface area contributed by atoms with Crippen LogP contribution in [0.1, 0.15) is 12.6 Å². The van der Waals surface area contributed by atoms with E-state index >= 15 is 0 Å². The number of aromatic nitrogens is 1. The molecule has 0 amide bonds. The fourth-order valence-electron chi connectivity index (χ4n) is 1.28. The standard InChI is InChI=1S/C8H9N3O2S/c1-2-6-8-7(3-4-9-6)10-5-14(12,13)11-8/h3-5,11H,2H2,1H3. The van der Waals surface area contributed by atoms with Crippen LogP contribution in [0.3, 0.4) is 0 Å². The molecule has 1 aromatic rings. The Morgan fingerprint density at radius 1 is 1.50 bits per heavy atom. The molecule has 0 atom stereocenters. The van der Waals surface area contributed by atoms with Crippen molar-refractivity contribution in [2.24, 2.45) is 4.99 Å². The number of sulfonamides is 1. The molecule has 5 nitrogen and oxygen atoms in total. The third-order valence-electron chi connectivity index (χ3n) is 1.92. The molecule has 0 unspecified atom stereocenters. The highest BCUT2D eigenvalue weighted by Crippen LogP contribution is 2.30. The number of aryl methyl sites for hydroxylation is 1. The fourth-order valence-corrected chi connectivity index (χ4v) is 2.09. The maximum Gasteiger partial charge on any atom is 0.272 e. The highest BCUT2D eigenvalue weighted by Gasteiger charge is 2.18. The first-order valence-electron chi connectivity index (χ1n) is 4.17. The van der Waals surface area contributed by atoms with Crippen LogP contribution in [0.5, 0.6) is 0 Å². The molecule has 74 valence electrons. The van der Waals surface area contributed by atoms with Crippen molar-refractivity contribution < 1.29 is 8.42 Å². The second-order valence-corrected chi connectivity index (χ2v) is 4.39. The predicted octanol–water partition coefficient (Wildman–Crippen LogP) is 1.06. The van der Waals surface area contributed by atoms with Crippen molar-refractivity contribution in [3.8, 4) is 0 Å². The molecule has 1 aromatic heterocycles. The zero-order valence-corrected chi connectivity index (χ0v) is 8.37. The molecule has 0 bridgehead atoms. The second kappa shape index (κ2) is 3.06. The first-order valence-corrected chi connectivity index (χ1v) is 5.72. The summed E-state index contributed by atoms with van der Waals surface area (Å²) in [7, 11) is -3.41. The molecule has 2 heterocycles. The van der Waals surface area contributed by atoms with E-state index in [1.165, 1.54) is 0 Å². The van der Waals surface area contributed by atoms with Gasteiger partial charge in [0.15, 0.2) is 0 Å². The van der Waals surface area contributed by atoms with E-state index in [9.17, 15) is 8.42 Å². The van der Waals surface area contributed by atoms with Crippen LogP contribution in [0.25, 0.3) is 0 Å². The molecule has 2 rings (SSSR count). The largest absolute Gasteiger partial charge is 0.275 e. The number of hydrogen-bond donors (Lipinski definition) is 1. The van der Waals surface area contributed by atoms with Crippen molar-refractivity contribution in [1.82, 2.24) is 4.98 Å². The van der Waals surface area contributed by atoms with Crippen LogP contribution in [0, 0.1) is 0 Å². The van der Waals surface area contributed by atoms with E-state index in [-0.39, 0.29) is 0 Å². The summed E-state index contributed by atoms with van der Waals surface area (Å²) >= 11 is 0. The second-order valence-electron chi connectivity index (χ2n) is 2.89. The molecule has 0 fully saturated rings. The summed E-state index contributed by atoms with van der Waals surface area (Å²) in [5.41, 5.74) is 2.74. The number of nitrogens with one attached hydrogen (secondary N) is 1.